The number of nitrogens with zero attached hydrogens (tertiary/aromatic N) is 6. The summed E-state index contributed by atoms with van der Waals surface area (Å²) >= 11 is 5.17. The van der Waals surface area contributed by atoms with E-state index in [-0.39, 0.29) is 12.3 Å². The maximum atomic E-state index is 12.5. The minimum atomic E-state index is -0.108. The van der Waals surface area contributed by atoms with E-state index >= 15 is 0 Å². The molecule has 10 heteroatoms. The summed E-state index contributed by atoms with van der Waals surface area (Å²) in [6, 6.07) is 1.91. The molecule has 0 aliphatic carbocycles. The van der Waals surface area contributed by atoms with Gasteiger partial charge in [0, 0.05) is 29.2 Å². The van der Waals surface area contributed by atoms with E-state index in [1.165, 1.54) is 0 Å². The molecule has 2 N–H and O–H groups in total. The third-order valence-electron chi connectivity index (χ3n) is 4.54. The second-order valence-corrected chi connectivity index (χ2v) is 7.04. The first-order chi connectivity index (χ1) is 13.3. The number of hydrogen-bond donors (Lipinski definition) is 2. The summed E-state index contributed by atoms with van der Waals surface area (Å²) in [7, 11) is 0. The summed E-state index contributed by atoms with van der Waals surface area (Å²) in [5.74, 6) is 1.11. The van der Waals surface area contributed by atoms with Crippen molar-refractivity contribution in [1.29, 1.82) is 0 Å². The quantitative estimate of drug-likeness (QED) is 0.613. The number of aromatic nitrogens is 7. The molecule has 3 aromatic heterocycles. The molecule has 0 aromatic carbocycles. The van der Waals surface area contributed by atoms with Crippen LogP contribution in [0.3, 0.4) is 0 Å². The summed E-state index contributed by atoms with van der Waals surface area (Å²) in [5, 5.41) is 14.3. The Labute approximate surface area is 168 Å². The van der Waals surface area contributed by atoms with Gasteiger partial charge in [-0.05, 0) is 52.9 Å². The average molecular weight is 401 g/mol. The number of H-pyrrole nitrogens is 1. The van der Waals surface area contributed by atoms with Gasteiger partial charge >= 0.3 is 0 Å². The Hall–Kier alpha value is -2.88. The van der Waals surface area contributed by atoms with Gasteiger partial charge in [0.25, 0.3) is 5.95 Å². The first kappa shape index (κ1) is 19.9. The SMILES string of the molecule is CCn1c(CNC(=O)Cc2c(C)nn(-c3nc(C)cc(C)n3)c2C)n[nH]c1=S. The first-order valence-corrected chi connectivity index (χ1v) is 9.49. The third kappa shape index (κ3) is 4.01. The van der Waals surface area contributed by atoms with Crippen molar-refractivity contribution in [1.82, 2.24) is 39.8 Å². The molecule has 0 saturated heterocycles. The average Bonchev–Trinajstić information content (AvgIpc) is 3.13. The third-order valence-corrected chi connectivity index (χ3v) is 4.85. The predicted molar refractivity (Wildman–Crippen MR) is 107 cm³/mol. The lowest BCUT2D eigenvalue weighted by atomic mass is 10.1. The van der Waals surface area contributed by atoms with Gasteiger partial charge in [0.05, 0.1) is 18.7 Å². The Bertz CT molecular complexity index is 1060. The number of aryl methyl sites for hydroxylation is 3. The van der Waals surface area contributed by atoms with Crippen molar-refractivity contribution in [3.63, 3.8) is 0 Å². The molecule has 0 bridgehead atoms. The lowest BCUT2D eigenvalue weighted by Gasteiger charge is -2.07. The van der Waals surface area contributed by atoms with E-state index < -0.39 is 0 Å². The van der Waals surface area contributed by atoms with Gasteiger partial charge in [0.2, 0.25) is 5.91 Å². The molecule has 0 unspecified atom stereocenters. The molecular formula is C18H24N8OS. The lowest BCUT2D eigenvalue weighted by Crippen LogP contribution is -2.26. The Kier molecular flexibility index (Phi) is 5.68. The van der Waals surface area contributed by atoms with Crippen LogP contribution in [-0.2, 0) is 24.3 Å². The molecule has 1 amide bonds. The molecule has 0 atom stereocenters. The van der Waals surface area contributed by atoms with Crippen LogP contribution in [0.2, 0.25) is 0 Å². The van der Waals surface area contributed by atoms with E-state index in [0.717, 1.165) is 28.3 Å². The molecule has 0 aliphatic heterocycles. The number of amides is 1. The van der Waals surface area contributed by atoms with E-state index in [0.29, 0.717) is 29.6 Å². The van der Waals surface area contributed by atoms with Crippen molar-refractivity contribution in [2.24, 2.45) is 0 Å². The molecule has 0 radical (unpaired) electrons. The first-order valence-electron chi connectivity index (χ1n) is 9.08. The van der Waals surface area contributed by atoms with Gasteiger partial charge in [-0.3, -0.25) is 9.89 Å². The number of nitrogens with one attached hydrogen (secondary N) is 2. The molecule has 148 valence electrons. The van der Waals surface area contributed by atoms with Gasteiger partial charge in [-0.1, -0.05) is 0 Å². The topological polar surface area (TPSA) is 106 Å². The van der Waals surface area contributed by atoms with E-state index in [1.54, 1.807) is 4.68 Å². The molecule has 0 saturated carbocycles. The van der Waals surface area contributed by atoms with Crippen molar-refractivity contribution in [3.8, 4) is 5.95 Å². The van der Waals surface area contributed by atoms with Gasteiger partial charge in [-0.15, -0.1) is 0 Å². The van der Waals surface area contributed by atoms with E-state index in [2.05, 4.69) is 30.6 Å². The van der Waals surface area contributed by atoms with Crippen molar-refractivity contribution >= 4 is 18.1 Å². The summed E-state index contributed by atoms with van der Waals surface area (Å²) in [6.07, 6.45) is 0.222. The summed E-state index contributed by atoms with van der Waals surface area (Å²) < 4.78 is 4.09. The molecular weight excluding hydrogens is 376 g/mol. The minimum Gasteiger partial charge on any atom is -0.349 e. The van der Waals surface area contributed by atoms with Crippen molar-refractivity contribution in [2.75, 3.05) is 0 Å². The molecule has 28 heavy (non-hydrogen) atoms. The maximum Gasteiger partial charge on any atom is 0.251 e. The number of carbonyl (C=O) groups excluding carboxylic acids is 1. The zero-order chi connectivity index (χ0) is 20.4. The zero-order valence-electron chi connectivity index (χ0n) is 16.7. The van der Waals surface area contributed by atoms with Gasteiger partial charge in [0.15, 0.2) is 10.6 Å². The predicted octanol–water partition coefficient (Wildman–Crippen LogP) is 2.03. The van der Waals surface area contributed by atoms with Crippen LogP contribution in [0.4, 0.5) is 0 Å². The van der Waals surface area contributed by atoms with Crippen molar-refractivity contribution < 1.29 is 4.79 Å². The molecule has 0 spiro atoms. The Morgan fingerprint density at radius 3 is 2.54 bits per heavy atom. The monoisotopic (exact) mass is 400 g/mol. The highest BCUT2D eigenvalue weighted by atomic mass is 32.1. The molecule has 3 aromatic rings. The van der Waals surface area contributed by atoms with Crippen LogP contribution in [-0.4, -0.2) is 40.4 Å². The van der Waals surface area contributed by atoms with E-state index in [1.807, 2.05) is 45.3 Å². The fraction of sp³-hybridized carbons (Fsp3) is 0.444. The van der Waals surface area contributed by atoms with Gasteiger partial charge in [-0.2, -0.15) is 10.2 Å². The maximum absolute atomic E-state index is 12.5. The summed E-state index contributed by atoms with van der Waals surface area (Å²) in [5.41, 5.74) is 4.26. The fourth-order valence-electron chi connectivity index (χ4n) is 3.14. The second kappa shape index (κ2) is 8.01. The second-order valence-electron chi connectivity index (χ2n) is 6.65. The van der Waals surface area contributed by atoms with E-state index in [4.69, 9.17) is 12.2 Å². The van der Waals surface area contributed by atoms with Crippen LogP contribution < -0.4 is 5.32 Å². The number of hydrogen-bond acceptors (Lipinski definition) is 6. The van der Waals surface area contributed by atoms with Crippen molar-refractivity contribution in [2.45, 2.75) is 54.1 Å². The summed E-state index contributed by atoms with van der Waals surface area (Å²) in [4.78, 5) is 21.4. The normalized spacial score (nSPS) is 11.0. The van der Waals surface area contributed by atoms with Gasteiger partial charge in [-0.25, -0.2) is 14.6 Å². The molecule has 3 heterocycles. The highest BCUT2D eigenvalue weighted by Gasteiger charge is 2.18. The largest absolute Gasteiger partial charge is 0.349 e. The molecule has 3 rings (SSSR count). The van der Waals surface area contributed by atoms with E-state index in [9.17, 15) is 4.79 Å². The Balaban J connectivity index is 1.76. The number of carbonyl (C=O) groups is 1. The minimum absolute atomic E-state index is 0.108. The summed E-state index contributed by atoms with van der Waals surface area (Å²) in [6.45, 7) is 10.6. The Morgan fingerprint density at radius 2 is 1.89 bits per heavy atom. The number of rotatable bonds is 6. The Morgan fingerprint density at radius 1 is 1.21 bits per heavy atom. The molecule has 0 aliphatic rings. The standard InChI is InChI=1S/C18H24N8OS/c1-6-25-15(22-23-18(25)28)9-19-16(27)8-14-12(4)24-26(13(14)5)17-20-10(2)7-11(3)21-17/h7H,6,8-9H2,1-5H3,(H,19,27)(H,23,28). The van der Waals surface area contributed by atoms with Gasteiger partial charge in [0.1, 0.15) is 0 Å². The van der Waals surface area contributed by atoms with Crippen LogP contribution in [0.5, 0.6) is 0 Å². The smallest absolute Gasteiger partial charge is 0.251 e. The van der Waals surface area contributed by atoms with Crippen LogP contribution in [0.25, 0.3) is 5.95 Å². The highest BCUT2D eigenvalue weighted by Crippen LogP contribution is 2.17. The van der Waals surface area contributed by atoms with Crippen molar-refractivity contribution in [3.05, 3.63) is 45.0 Å². The van der Waals surface area contributed by atoms with Crippen LogP contribution in [0, 0.1) is 32.5 Å². The van der Waals surface area contributed by atoms with Crippen LogP contribution in [0.15, 0.2) is 6.07 Å². The molecule has 0 fully saturated rings. The lowest BCUT2D eigenvalue weighted by molar-refractivity contribution is -0.120. The van der Waals surface area contributed by atoms with Gasteiger partial charge < -0.3 is 9.88 Å². The fourth-order valence-corrected chi connectivity index (χ4v) is 3.42. The highest BCUT2D eigenvalue weighted by molar-refractivity contribution is 7.71. The number of aromatic amines is 1. The molecule has 9 nitrogen and oxygen atoms in total. The zero-order valence-corrected chi connectivity index (χ0v) is 17.5. The van der Waals surface area contributed by atoms with Crippen LogP contribution in [0.1, 0.15) is 41.1 Å². The van der Waals surface area contributed by atoms with Crippen LogP contribution >= 0.6 is 12.2 Å².